The van der Waals surface area contributed by atoms with Crippen molar-refractivity contribution in [3.8, 4) is 0 Å². The van der Waals surface area contributed by atoms with Gasteiger partial charge in [0.2, 0.25) is 11.8 Å². The Morgan fingerprint density at radius 2 is 2.05 bits per heavy atom. The lowest BCUT2D eigenvalue weighted by atomic mass is 9.96. The number of ether oxygens (including phenoxy) is 1. The van der Waals surface area contributed by atoms with E-state index in [2.05, 4.69) is 6.92 Å². The van der Waals surface area contributed by atoms with Crippen molar-refractivity contribution in [3.63, 3.8) is 0 Å². The van der Waals surface area contributed by atoms with Crippen molar-refractivity contribution in [1.82, 2.24) is 9.80 Å². The molecule has 0 aromatic heterocycles. The normalized spacial score (nSPS) is 37.7. The molecule has 3 saturated heterocycles. The van der Waals surface area contributed by atoms with E-state index in [0.717, 1.165) is 38.8 Å². The highest BCUT2D eigenvalue weighted by molar-refractivity contribution is 5.97. The maximum Gasteiger partial charge on any atom is 0.246 e. The van der Waals surface area contributed by atoms with Crippen LogP contribution < -0.4 is 0 Å². The van der Waals surface area contributed by atoms with Crippen molar-refractivity contribution in [1.29, 1.82) is 0 Å². The molecule has 0 bridgehead atoms. The van der Waals surface area contributed by atoms with Crippen LogP contribution in [-0.4, -0.2) is 59.5 Å². The van der Waals surface area contributed by atoms with Crippen LogP contribution in [0.3, 0.4) is 0 Å². The molecule has 3 rings (SSSR count). The van der Waals surface area contributed by atoms with Gasteiger partial charge in [0.05, 0.1) is 6.10 Å². The highest BCUT2D eigenvalue weighted by atomic mass is 16.5. The zero-order valence-corrected chi connectivity index (χ0v) is 12.4. The van der Waals surface area contributed by atoms with E-state index in [-0.39, 0.29) is 30.0 Å². The highest BCUT2D eigenvalue weighted by Gasteiger charge is 2.47. The summed E-state index contributed by atoms with van der Waals surface area (Å²) in [7, 11) is 0. The van der Waals surface area contributed by atoms with E-state index in [1.54, 1.807) is 4.90 Å². The first kappa shape index (κ1) is 13.9. The number of carbonyl (C=O) groups excluding carboxylic acids is 2. The molecule has 20 heavy (non-hydrogen) atoms. The van der Waals surface area contributed by atoms with Gasteiger partial charge in [-0.25, -0.2) is 0 Å². The number of fused-ring (bicyclic) bond motifs is 1. The number of rotatable bonds is 3. The topological polar surface area (TPSA) is 49.9 Å². The van der Waals surface area contributed by atoms with Crippen LogP contribution in [0.2, 0.25) is 0 Å². The molecule has 0 aromatic rings. The fourth-order valence-electron chi connectivity index (χ4n) is 3.90. The van der Waals surface area contributed by atoms with E-state index in [4.69, 9.17) is 4.74 Å². The fourth-order valence-corrected chi connectivity index (χ4v) is 3.90. The Bertz CT molecular complexity index is 412. The van der Waals surface area contributed by atoms with Gasteiger partial charge in [0, 0.05) is 25.6 Å². The van der Waals surface area contributed by atoms with Gasteiger partial charge in [0.25, 0.3) is 0 Å². The molecular weight excluding hydrogens is 256 g/mol. The van der Waals surface area contributed by atoms with Gasteiger partial charge >= 0.3 is 0 Å². The molecule has 3 fully saturated rings. The minimum Gasteiger partial charge on any atom is -0.378 e. The molecule has 3 aliphatic heterocycles. The van der Waals surface area contributed by atoms with Gasteiger partial charge in [-0.15, -0.1) is 0 Å². The van der Waals surface area contributed by atoms with Crippen LogP contribution in [-0.2, 0) is 14.3 Å². The van der Waals surface area contributed by atoms with Crippen LogP contribution in [0.4, 0.5) is 0 Å². The second kappa shape index (κ2) is 5.35. The predicted octanol–water partition coefficient (Wildman–Crippen LogP) is 1.02. The maximum absolute atomic E-state index is 12.6. The summed E-state index contributed by atoms with van der Waals surface area (Å²) in [6.07, 6.45) is 3.99. The SMILES string of the molecule is CCC1OCCC1CN1C(=O)C2CCCN2C(=O)C1C. The average Bonchev–Trinajstić information content (AvgIpc) is 3.09. The van der Waals surface area contributed by atoms with E-state index in [1.807, 2.05) is 11.8 Å². The Labute approximate surface area is 120 Å². The summed E-state index contributed by atoms with van der Waals surface area (Å²) in [5, 5.41) is 0. The Hall–Kier alpha value is -1.10. The van der Waals surface area contributed by atoms with E-state index in [0.29, 0.717) is 12.5 Å². The smallest absolute Gasteiger partial charge is 0.246 e. The summed E-state index contributed by atoms with van der Waals surface area (Å²) in [5.74, 6) is 0.655. The standard InChI is InChI=1S/C15H24N2O3/c1-3-13-11(6-8-20-13)9-17-10(2)14(18)16-7-4-5-12(16)15(17)19/h10-13H,3-9H2,1-2H3. The third-order valence-electron chi connectivity index (χ3n) is 5.11. The van der Waals surface area contributed by atoms with Crippen molar-refractivity contribution < 1.29 is 14.3 Å². The first-order chi connectivity index (χ1) is 9.63. The molecular formula is C15H24N2O3. The molecule has 0 saturated carbocycles. The number of hydrogen-bond acceptors (Lipinski definition) is 3. The van der Waals surface area contributed by atoms with E-state index >= 15 is 0 Å². The molecule has 0 radical (unpaired) electrons. The van der Waals surface area contributed by atoms with Gasteiger partial charge in [0.15, 0.2) is 0 Å². The second-order valence-electron chi connectivity index (χ2n) is 6.22. The summed E-state index contributed by atoms with van der Waals surface area (Å²) in [6, 6.07) is -0.504. The number of amides is 2. The molecule has 0 aromatic carbocycles. The van der Waals surface area contributed by atoms with Gasteiger partial charge in [-0.05, 0) is 32.6 Å². The summed E-state index contributed by atoms with van der Waals surface area (Å²) in [4.78, 5) is 28.6. The van der Waals surface area contributed by atoms with Crippen LogP contribution in [0.5, 0.6) is 0 Å². The van der Waals surface area contributed by atoms with Gasteiger partial charge in [-0.3, -0.25) is 9.59 Å². The lowest BCUT2D eigenvalue weighted by Gasteiger charge is -2.42. The van der Waals surface area contributed by atoms with Crippen LogP contribution in [0.15, 0.2) is 0 Å². The van der Waals surface area contributed by atoms with E-state index in [9.17, 15) is 9.59 Å². The number of piperazine rings is 1. The summed E-state index contributed by atoms with van der Waals surface area (Å²) in [6.45, 7) is 6.19. The zero-order chi connectivity index (χ0) is 14.3. The van der Waals surface area contributed by atoms with Crippen molar-refractivity contribution in [2.24, 2.45) is 5.92 Å². The number of nitrogens with zero attached hydrogens (tertiary/aromatic N) is 2. The molecule has 4 unspecified atom stereocenters. The van der Waals surface area contributed by atoms with Crippen molar-refractivity contribution in [2.75, 3.05) is 19.7 Å². The van der Waals surface area contributed by atoms with Crippen molar-refractivity contribution >= 4 is 11.8 Å². The first-order valence-electron chi connectivity index (χ1n) is 7.86. The van der Waals surface area contributed by atoms with Gasteiger partial charge in [-0.1, -0.05) is 6.92 Å². The monoisotopic (exact) mass is 280 g/mol. The molecule has 0 N–H and O–H groups in total. The largest absolute Gasteiger partial charge is 0.378 e. The third-order valence-corrected chi connectivity index (χ3v) is 5.11. The molecule has 112 valence electrons. The average molecular weight is 280 g/mol. The van der Waals surface area contributed by atoms with Crippen LogP contribution in [0, 0.1) is 5.92 Å². The van der Waals surface area contributed by atoms with Gasteiger partial charge in [0.1, 0.15) is 12.1 Å². The molecule has 5 heteroatoms. The van der Waals surface area contributed by atoms with Gasteiger partial charge < -0.3 is 14.5 Å². The van der Waals surface area contributed by atoms with E-state index in [1.165, 1.54) is 0 Å². The molecule has 3 aliphatic rings. The number of carbonyl (C=O) groups is 2. The van der Waals surface area contributed by atoms with Crippen LogP contribution in [0.25, 0.3) is 0 Å². The summed E-state index contributed by atoms with van der Waals surface area (Å²) in [5.41, 5.74) is 0. The quantitative estimate of drug-likeness (QED) is 0.775. The molecule has 0 spiro atoms. The van der Waals surface area contributed by atoms with E-state index < -0.39 is 0 Å². The fraction of sp³-hybridized carbons (Fsp3) is 0.867. The Morgan fingerprint density at radius 1 is 1.25 bits per heavy atom. The lowest BCUT2D eigenvalue weighted by molar-refractivity contribution is -0.159. The summed E-state index contributed by atoms with van der Waals surface area (Å²) < 4.78 is 5.71. The molecule has 5 nitrogen and oxygen atoms in total. The molecule has 3 heterocycles. The third kappa shape index (κ3) is 2.12. The number of hydrogen-bond donors (Lipinski definition) is 0. The Morgan fingerprint density at radius 3 is 2.80 bits per heavy atom. The molecule has 4 atom stereocenters. The van der Waals surface area contributed by atoms with Crippen molar-refractivity contribution in [2.45, 2.75) is 57.7 Å². The molecule has 0 aliphatic carbocycles. The van der Waals surface area contributed by atoms with Crippen molar-refractivity contribution in [3.05, 3.63) is 0 Å². The van der Waals surface area contributed by atoms with Gasteiger partial charge in [-0.2, -0.15) is 0 Å². The lowest BCUT2D eigenvalue weighted by Crippen LogP contribution is -2.62. The summed E-state index contributed by atoms with van der Waals surface area (Å²) >= 11 is 0. The minimum atomic E-state index is -0.310. The predicted molar refractivity (Wildman–Crippen MR) is 74.0 cm³/mol. The minimum absolute atomic E-state index is 0.124. The second-order valence-corrected chi connectivity index (χ2v) is 6.22. The first-order valence-corrected chi connectivity index (χ1v) is 7.86. The molecule has 2 amide bonds. The van der Waals surface area contributed by atoms with Crippen LogP contribution in [0.1, 0.15) is 39.5 Å². The zero-order valence-electron chi connectivity index (χ0n) is 12.4. The maximum atomic E-state index is 12.6. The Balaban J connectivity index is 1.74. The highest BCUT2D eigenvalue weighted by Crippen LogP contribution is 2.30. The van der Waals surface area contributed by atoms with Crippen LogP contribution >= 0.6 is 0 Å². The Kier molecular flexibility index (Phi) is 3.71.